The molecular formula is C17H18N4O3S. The van der Waals surface area contributed by atoms with Crippen LogP contribution in [0, 0.1) is 0 Å². The molecule has 1 unspecified atom stereocenters. The lowest BCUT2D eigenvalue weighted by atomic mass is 10.0. The normalized spacial score (nSPS) is 18.6. The standard InChI is InChI=1S/C17H18N4O3S/c18-15(22)11-4-1-2-6-21(11)8-13-19-16(23)14-10(9-25-17(14)20-13)12-5-3-7-24-12/h3,5,7,9,11H,1-2,4,6,8H2,(H2,18,22)(H,19,20,23). The molecule has 1 atom stereocenters. The van der Waals surface area contributed by atoms with Crippen LogP contribution in [-0.4, -0.2) is 33.4 Å². The Morgan fingerprint density at radius 3 is 3.12 bits per heavy atom. The van der Waals surface area contributed by atoms with Crippen molar-refractivity contribution < 1.29 is 9.21 Å². The van der Waals surface area contributed by atoms with Crippen molar-refractivity contribution in [1.82, 2.24) is 14.9 Å². The minimum Gasteiger partial charge on any atom is -0.464 e. The van der Waals surface area contributed by atoms with E-state index in [0.717, 1.165) is 31.4 Å². The van der Waals surface area contributed by atoms with Crippen LogP contribution in [0.5, 0.6) is 0 Å². The molecule has 1 saturated heterocycles. The van der Waals surface area contributed by atoms with Crippen LogP contribution in [0.15, 0.2) is 33.0 Å². The topological polar surface area (TPSA) is 105 Å². The molecule has 4 heterocycles. The fourth-order valence-corrected chi connectivity index (χ4v) is 4.32. The number of aromatic nitrogens is 2. The van der Waals surface area contributed by atoms with Crippen molar-refractivity contribution in [2.45, 2.75) is 31.8 Å². The van der Waals surface area contributed by atoms with Crippen LogP contribution in [0.2, 0.25) is 0 Å². The molecule has 3 N–H and O–H groups in total. The smallest absolute Gasteiger partial charge is 0.260 e. The first-order chi connectivity index (χ1) is 12.1. The molecule has 0 spiro atoms. The third-order valence-corrected chi connectivity index (χ3v) is 5.45. The van der Waals surface area contributed by atoms with Gasteiger partial charge in [0.05, 0.1) is 24.2 Å². The Kier molecular flexibility index (Phi) is 4.14. The van der Waals surface area contributed by atoms with Crippen LogP contribution in [0.25, 0.3) is 21.5 Å². The monoisotopic (exact) mass is 358 g/mol. The van der Waals surface area contributed by atoms with Gasteiger partial charge in [-0.25, -0.2) is 4.98 Å². The summed E-state index contributed by atoms with van der Waals surface area (Å²) >= 11 is 1.41. The third-order valence-electron chi connectivity index (χ3n) is 4.57. The zero-order chi connectivity index (χ0) is 17.4. The average Bonchev–Trinajstić information content (AvgIpc) is 3.24. The predicted molar refractivity (Wildman–Crippen MR) is 95.2 cm³/mol. The second-order valence-electron chi connectivity index (χ2n) is 6.20. The van der Waals surface area contributed by atoms with Gasteiger partial charge in [0.15, 0.2) is 0 Å². The van der Waals surface area contributed by atoms with E-state index in [4.69, 9.17) is 10.2 Å². The Labute approximate surface area is 147 Å². The quantitative estimate of drug-likeness (QED) is 0.743. The van der Waals surface area contributed by atoms with Gasteiger partial charge < -0.3 is 15.1 Å². The maximum Gasteiger partial charge on any atom is 0.260 e. The number of amides is 1. The fourth-order valence-electron chi connectivity index (χ4n) is 3.38. The lowest BCUT2D eigenvalue weighted by Crippen LogP contribution is -2.47. The van der Waals surface area contributed by atoms with Gasteiger partial charge in [0.25, 0.3) is 5.56 Å². The summed E-state index contributed by atoms with van der Waals surface area (Å²) in [5.74, 6) is 0.883. The third kappa shape index (κ3) is 2.98. The lowest BCUT2D eigenvalue weighted by molar-refractivity contribution is -0.124. The summed E-state index contributed by atoms with van der Waals surface area (Å²) in [5, 5.41) is 2.41. The second kappa shape index (κ2) is 6.45. The van der Waals surface area contributed by atoms with Crippen LogP contribution in [-0.2, 0) is 11.3 Å². The molecule has 4 rings (SSSR count). The van der Waals surface area contributed by atoms with E-state index in [-0.39, 0.29) is 17.5 Å². The first kappa shape index (κ1) is 16.0. The second-order valence-corrected chi connectivity index (χ2v) is 7.06. The van der Waals surface area contributed by atoms with E-state index in [1.807, 2.05) is 16.3 Å². The number of H-pyrrole nitrogens is 1. The van der Waals surface area contributed by atoms with E-state index in [1.165, 1.54) is 11.3 Å². The molecule has 0 bridgehead atoms. The van der Waals surface area contributed by atoms with Crippen molar-refractivity contribution >= 4 is 27.5 Å². The highest BCUT2D eigenvalue weighted by Gasteiger charge is 2.27. The highest BCUT2D eigenvalue weighted by molar-refractivity contribution is 7.17. The molecule has 8 heteroatoms. The summed E-state index contributed by atoms with van der Waals surface area (Å²) in [6, 6.07) is 3.31. The van der Waals surface area contributed by atoms with E-state index >= 15 is 0 Å². The van der Waals surface area contributed by atoms with Crippen LogP contribution < -0.4 is 11.3 Å². The Hall–Kier alpha value is -2.45. The van der Waals surface area contributed by atoms with E-state index < -0.39 is 0 Å². The highest BCUT2D eigenvalue weighted by atomic mass is 32.1. The minimum absolute atomic E-state index is 0.194. The van der Waals surface area contributed by atoms with Crippen LogP contribution in [0.1, 0.15) is 25.1 Å². The molecule has 0 aliphatic carbocycles. The average molecular weight is 358 g/mol. The van der Waals surface area contributed by atoms with Crippen molar-refractivity contribution in [3.8, 4) is 11.3 Å². The Morgan fingerprint density at radius 1 is 1.48 bits per heavy atom. The van der Waals surface area contributed by atoms with Gasteiger partial charge in [-0.2, -0.15) is 0 Å². The molecule has 0 aromatic carbocycles. The fraction of sp³-hybridized carbons (Fsp3) is 0.353. The number of likely N-dealkylation sites (tertiary alicyclic amines) is 1. The molecule has 3 aromatic heterocycles. The zero-order valence-corrected chi connectivity index (χ0v) is 14.3. The van der Waals surface area contributed by atoms with Crippen molar-refractivity contribution in [3.63, 3.8) is 0 Å². The molecule has 3 aromatic rings. The number of furan rings is 1. The number of aromatic amines is 1. The molecule has 1 aliphatic heterocycles. The van der Waals surface area contributed by atoms with Crippen molar-refractivity contribution in [1.29, 1.82) is 0 Å². The number of rotatable bonds is 4. The minimum atomic E-state index is -0.320. The summed E-state index contributed by atoms with van der Waals surface area (Å²) in [7, 11) is 0. The summed E-state index contributed by atoms with van der Waals surface area (Å²) in [6.07, 6.45) is 4.33. The van der Waals surface area contributed by atoms with E-state index in [1.54, 1.807) is 12.3 Å². The van der Waals surface area contributed by atoms with Crippen molar-refractivity contribution in [3.05, 3.63) is 40.0 Å². The molecule has 25 heavy (non-hydrogen) atoms. The summed E-state index contributed by atoms with van der Waals surface area (Å²) in [5.41, 5.74) is 6.06. The van der Waals surface area contributed by atoms with E-state index in [9.17, 15) is 9.59 Å². The van der Waals surface area contributed by atoms with Gasteiger partial charge in [-0.3, -0.25) is 14.5 Å². The zero-order valence-electron chi connectivity index (χ0n) is 13.5. The number of piperidine rings is 1. The van der Waals surface area contributed by atoms with Gasteiger partial charge in [0.1, 0.15) is 16.4 Å². The van der Waals surface area contributed by atoms with Gasteiger partial charge in [-0.1, -0.05) is 6.42 Å². The summed E-state index contributed by atoms with van der Waals surface area (Å²) in [4.78, 5) is 34.3. The van der Waals surface area contributed by atoms with Crippen LogP contribution in [0.4, 0.5) is 0 Å². The van der Waals surface area contributed by atoms with Crippen LogP contribution in [0.3, 0.4) is 0 Å². The number of nitrogens with two attached hydrogens (primary N) is 1. The number of carbonyl (C=O) groups is 1. The molecule has 1 amide bonds. The van der Waals surface area contributed by atoms with E-state index in [2.05, 4.69) is 9.97 Å². The first-order valence-corrected chi connectivity index (χ1v) is 9.09. The lowest BCUT2D eigenvalue weighted by Gasteiger charge is -2.32. The Morgan fingerprint density at radius 2 is 2.36 bits per heavy atom. The van der Waals surface area contributed by atoms with Gasteiger partial charge in [-0.15, -0.1) is 11.3 Å². The molecule has 0 saturated carbocycles. The number of hydrogen-bond donors (Lipinski definition) is 2. The first-order valence-electron chi connectivity index (χ1n) is 8.21. The maximum atomic E-state index is 12.6. The number of nitrogens with zero attached hydrogens (tertiary/aromatic N) is 2. The number of primary amides is 1. The summed E-state index contributed by atoms with van der Waals surface area (Å²) < 4.78 is 5.40. The number of thiophene rings is 1. The largest absolute Gasteiger partial charge is 0.464 e. The Balaban J connectivity index is 1.68. The molecule has 0 radical (unpaired) electrons. The molecule has 1 fully saturated rings. The van der Waals surface area contributed by atoms with Crippen molar-refractivity contribution in [2.75, 3.05) is 6.54 Å². The SMILES string of the molecule is NC(=O)C1CCCCN1Cc1nc2scc(-c3ccco3)c2c(=O)[nH]1. The van der Waals surface area contributed by atoms with Gasteiger partial charge in [0.2, 0.25) is 5.91 Å². The van der Waals surface area contributed by atoms with Gasteiger partial charge in [0, 0.05) is 10.9 Å². The number of hydrogen-bond acceptors (Lipinski definition) is 6. The number of nitrogens with one attached hydrogen (secondary N) is 1. The summed E-state index contributed by atoms with van der Waals surface area (Å²) in [6.45, 7) is 1.18. The number of fused-ring (bicyclic) bond motifs is 1. The van der Waals surface area contributed by atoms with Gasteiger partial charge >= 0.3 is 0 Å². The molecular weight excluding hydrogens is 340 g/mol. The van der Waals surface area contributed by atoms with Gasteiger partial charge in [-0.05, 0) is 31.5 Å². The van der Waals surface area contributed by atoms with E-state index in [0.29, 0.717) is 28.3 Å². The number of carbonyl (C=O) groups excluding carboxylic acids is 1. The van der Waals surface area contributed by atoms with Crippen molar-refractivity contribution in [2.24, 2.45) is 5.73 Å². The predicted octanol–water partition coefficient (Wildman–Crippen LogP) is 2.08. The maximum absolute atomic E-state index is 12.6. The Bertz CT molecular complexity index is 960. The molecule has 1 aliphatic rings. The highest BCUT2D eigenvalue weighted by Crippen LogP contribution is 2.31. The van der Waals surface area contributed by atoms with Crippen LogP contribution >= 0.6 is 11.3 Å². The molecule has 130 valence electrons. The molecule has 7 nitrogen and oxygen atoms in total.